The molecule has 9 nitrogen and oxygen atoms in total. The van der Waals surface area contributed by atoms with Crippen molar-refractivity contribution in [2.24, 2.45) is 10.9 Å². The quantitative estimate of drug-likeness (QED) is 0.491. The number of fused-ring (bicyclic) bond motifs is 3. The summed E-state index contributed by atoms with van der Waals surface area (Å²) in [6.07, 6.45) is 3.14. The van der Waals surface area contributed by atoms with Gasteiger partial charge in [0, 0.05) is 17.3 Å². The molecular formula is C22H20N6O3S. The number of aromatic nitrogens is 4. The van der Waals surface area contributed by atoms with Crippen LogP contribution in [-0.2, 0) is 22.9 Å². The van der Waals surface area contributed by atoms with Crippen LogP contribution in [0.15, 0.2) is 59.6 Å². The molecule has 5 rings (SSSR count). The van der Waals surface area contributed by atoms with Crippen LogP contribution in [0.3, 0.4) is 0 Å². The minimum absolute atomic E-state index is 0.00900. The van der Waals surface area contributed by atoms with E-state index in [0.717, 1.165) is 33.8 Å². The maximum absolute atomic E-state index is 12.1. The number of nitrogens with zero attached hydrogens (tertiary/aromatic N) is 4. The molecule has 0 saturated heterocycles. The summed E-state index contributed by atoms with van der Waals surface area (Å²) < 4.78 is 26.6. The minimum atomic E-state index is -3.82. The zero-order valence-electron chi connectivity index (χ0n) is 17.2. The monoisotopic (exact) mass is 448 g/mol. The summed E-state index contributed by atoms with van der Waals surface area (Å²) in [5.41, 5.74) is 11.7. The topological polar surface area (TPSA) is 139 Å². The fraction of sp³-hybridized carbons (Fsp3) is 0.136. The van der Waals surface area contributed by atoms with E-state index < -0.39 is 15.9 Å². The third-order valence-corrected chi connectivity index (χ3v) is 6.51. The first-order valence-electron chi connectivity index (χ1n) is 9.93. The number of amides is 1. The highest BCUT2D eigenvalue weighted by atomic mass is 32.2. The van der Waals surface area contributed by atoms with Crippen molar-refractivity contribution in [3.8, 4) is 22.6 Å². The van der Waals surface area contributed by atoms with E-state index in [0.29, 0.717) is 18.5 Å². The van der Waals surface area contributed by atoms with Crippen LogP contribution in [0.25, 0.3) is 22.6 Å². The molecule has 0 unspecified atom stereocenters. The highest BCUT2D eigenvalue weighted by Crippen LogP contribution is 2.37. The van der Waals surface area contributed by atoms with Crippen molar-refractivity contribution < 1.29 is 13.2 Å². The summed E-state index contributed by atoms with van der Waals surface area (Å²) in [7, 11) is -3.82. The lowest BCUT2D eigenvalue weighted by molar-refractivity contribution is 0.0994. The summed E-state index contributed by atoms with van der Waals surface area (Å²) in [5.74, 6) is -0.615. The van der Waals surface area contributed by atoms with Gasteiger partial charge in [0.15, 0.2) is 5.69 Å². The Labute approximate surface area is 184 Å². The van der Waals surface area contributed by atoms with Gasteiger partial charge in [-0.25, -0.2) is 22.9 Å². The molecule has 4 aromatic rings. The molecule has 1 amide bonds. The number of hydrogen-bond acceptors (Lipinski definition) is 5. The van der Waals surface area contributed by atoms with Gasteiger partial charge in [-0.2, -0.15) is 10.2 Å². The number of carbonyl (C=O) groups is 1. The summed E-state index contributed by atoms with van der Waals surface area (Å²) in [6, 6.07) is 14.0. The molecule has 2 heterocycles. The van der Waals surface area contributed by atoms with E-state index in [9.17, 15) is 13.2 Å². The fourth-order valence-electron chi connectivity index (χ4n) is 3.99. The van der Waals surface area contributed by atoms with Crippen molar-refractivity contribution >= 4 is 15.9 Å². The van der Waals surface area contributed by atoms with Crippen LogP contribution in [0.4, 0.5) is 0 Å². The lowest BCUT2D eigenvalue weighted by Crippen LogP contribution is -2.15. The SMILES string of the molecule is Cc1ccc(-n2cc3c(n2)CCc2c(C(N)=O)nn(-c4ccc(S(N)(=O)=O)cc4)c2-3)cc1. The van der Waals surface area contributed by atoms with Gasteiger partial charge in [0.05, 0.1) is 27.7 Å². The molecule has 0 aliphatic heterocycles. The second-order valence-electron chi connectivity index (χ2n) is 7.76. The predicted octanol–water partition coefficient (Wildman–Crippen LogP) is 1.88. The normalized spacial score (nSPS) is 12.9. The number of hydrogen-bond donors (Lipinski definition) is 2. The number of nitrogens with two attached hydrogens (primary N) is 2. The predicted molar refractivity (Wildman–Crippen MR) is 118 cm³/mol. The van der Waals surface area contributed by atoms with E-state index in [-0.39, 0.29) is 10.6 Å². The Kier molecular flexibility index (Phi) is 4.50. The molecule has 0 bridgehead atoms. The summed E-state index contributed by atoms with van der Waals surface area (Å²) in [4.78, 5) is 12.1. The smallest absolute Gasteiger partial charge is 0.269 e. The van der Waals surface area contributed by atoms with Gasteiger partial charge in [-0.1, -0.05) is 17.7 Å². The Morgan fingerprint density at radius 3 is 2.25 bits per heavy atom. The van der Waals surface area contributed by atoms with Crippen LogP contribution in [0.5, 0.6) is 0 Å². The summed E-state index contributed by atoms with van der Waals surface area (Å²) >= 11 is 0. The fourth-order valence-corrected chi connectivity index (χ4v) is 4.51. The van der Waals surface area contributed by atoms with E-state index in [4.69, 9.17) is 16.0 Å². The molecule has 1 aliphatic rings. The van der Waals surface area contributed by atoms with E-state index in [1.807, 2.05) is 42.1 Å². The highest BCUT2D eigenvalue weighted by molar-refractivity contribution is 7.89. The molecule has 4 N–H and O–H groups in total. The number of aryl methyl sites for hydroxylation is 2. The minimum Gasteiger partial charge on any atom is -0.364 e. The van der Waals surface area contributed by atoms with Crippen LogP contribution in [0.2, 0.25) is 0 Å². The van der Waals surface area contributed by atoms with Gasteiger partial charge in [-0.05, 0) is 56.2 Å². The van der Waals surface area contributed by atoms with E-state index in [2.05, 4.69) is 5.10 Å². The maximum Gasteiger partial charge on any atom is 0.269 e. The molecule has 10 heteroatoms. The maximum atomic E-state index is 12.1. The van der Waals surface area contributed by atoms with Gasteiger partial charge in [-0.15, -0.1) is 0 Å². The van der Waals surface area contributed by atoms with Crippen LogP contribution in [0, 0.1) is 6.92 Å². The number of primary amides is 1. The first-order chi connectivity index (χ1) is 15.2. The van der Waals surface area contributed by atoms with Gasteiger partial charge in [-0.3, -0.25) is 4.79 Å². The molecule has 32 heavy (non-hydrogen) atoms. The average Bonchev–Trinajstić information content (AvgIpc) is 3.35. The summed E-state index contributed by atoms with van der Waals surface area (Å²) in [6.45, 7) is 2.02. The molecule has 162 valence electrons. The number of carbonyl (C=O) groups excluding carboxylic acids is 1. The number of benzene rings is 2. The van der Waals surface area contributed by atoms with Crippen molar-refractivity contribution in [1.82, 2.24) is 19.6 Å². The molecule has 0 atom stereocenters. The summed E-state index contributed by atoms with van der Waals surface area (Å²) in [5, 5.41) is 14.4. The molecule has 0 fully saturated rings. The standard InChI is InChI=1S/C22H20N6O3S/c1-13-2-4-14(5-3-13)27-12-18-19(25-27)11-10-17-20(22(23)29)26-28(21(17)18)15-6-8-16(9-7-15)32(24,30)31/h2-9,12H,10-11H2,1H3,(H2,23,29)(H2,24,30,31). The lowest BCUT2D eigenvalue weighted by Gasteiger charge is -2.14. The van der Waals surface area contributed by atoms with Crippen molar-refractivity contribution in [2.75, 3.05) is 0 Å². The van der Waals surface area contributed by atoms with Gasteiger partial charge >= 0.3 is 0 Å². The number of sulfonamides is 1. The Morgan fingerprint density at radius 2 is 1.62 bits per heavy atom. The van der Waals surface area contributed by atoms with Crippen LogP contribution in [-0.4, -0.2) is 33.9 Å². The van der Waals surface area contributed by atoms with Gasteiger partial charge in [0.2, 0.25) is 10.0 Å². The Balaban J connectivity index is 1.68. The van der Waals surface area contributed by atoms with Crippen LogP contribution in [0.1, 0.15) is 27.3 Å². The van der Waals surface area contributed by atoms with Gasteiger partial charge in [0.25, 0.3) is 5.91 Å². The van der Waals surface area contributed by atoms with Crippen molar-refractivity contribution in [1.29, 1.82) is 0 Å². The first kappa shape index (κ1) is 20.2. The number of rotatable bonds is 4. The molecular weight excluding hydrogens is 428 g/mol. The van der Waals surface area contributed by atoms with Crippen molar-refractivity contribution in [2.45, 2.75) is 24.7 Å². The molecule has 0 saturated carbocycles. The third kappa shape index (κ3) is 3.29. The Morgan fingerprint density at radius 1 is 0.969 bits per heavy atom. The van der Waals surface area contributed by atoms with E-state index in [1.165, 1.54) is 12.1 Å². The Hall–Kier alpha value is -3.76. The largest absolute Gasteiger partial charge is 0.364 e. The molecule has 2 aromatic heterocycles. The van der Waals surface area contributed by atoms with Crippen molar-refractivity contribution in [3.05, 3.63) is 77.2 Å². The highest BCUT2D eigenvalue weighted by Gasteiger charge is 2.30. The van der Waals surface area contributed by atoms with E-state index >= 15 is 0 Å². The molecule has 0 spiro atoms. The third-order valence-electron chi connectivity index (χ3n) is 5.58. The van der Waals surface area contributed by atoms with Crippen LogP contribution < -0.4 is 10.9 Å². The molecule has 0 radical (unpaired) electrons. The number of primary sulfonamides is 1. The van der Waals surface area contributed by atoms with Crippen LogP contribution >= 0.6 is 0 Å². The molecule has 1 aliphatic carbocycles. The second-order valence-corrected chi connectivity index (χ2v) is 9.32. The van der Waals surface area contributed by atoms with Gasteiger partial charge < -0.3 is 5.73 Å². The lowest BCUT2D eigenvalue weighted by atomic mass is 9.93. The Bertz CT molecular complexity index is 1470. The average molecular weight is 449 g/mol. The second kappa shape index (κ2) is 7.14. The van der Waals surface area contributed by atoms with Crippen molar-refractivity contribution in [3.63, 3.8) is 0 Å². The molecule has 2 aromatic carbocycles. The van der Waals surface area contributed by atoms with E-state index in [1.54, 1.807) is 16.8 Å². The van der Waals surface area contributed by atoms with Gasteiger partial charge in [0.1, 0.15) is 0 Å². The zero-order valence-corrected chi connectivity index (χ0v) is 18.0. The zero-order chi connectivity index (χ0) is 22.6. The first-order valence-corrected chi connectivity index (χ1v) is 11.5.